The maximum absolute atomic E-state index is 11.3. The van der Waals surface area contributed by atoms with Crippen molar-refractivity contribution in [3.05, 3.63) is 37.0 Å². The lowest BCUT2D eigenvalue weighted by molar-refractivity contribution is -0.125. The molecule has 0 aromatic heterocycles. The summed E-state index contributed by atoms with van der Waals surface area (Å²) in [6, 6.07) is 0. The number of rotatable bonds is 4. The summed E-state index contributed by atoms with van der Waals surface area (Å²) in [5.41, 5.74) is 1.07. The molecule has 0 aromatic carbocycles. The predicted molar refractivity (Wildman–Crippen MR) is 63.7 cm³/mol. The van der Waals surface area contributed by atoms with E-state index in [-0.39, 0.29) is 5.92 Å². The van der Waals surface area contributed by atoms with Crippen LogP contribution in [0.15, 0.2) is 37.0 Å². The highest BCUT2D eigenvalue weighted by Crippen LogP contribution is 2.13. The van der Waals surface area contributed by atoms with Gasteiger partial charge < -0.3 is 0 Å². The van der Waals surface area contributed by atoms with E-state index < -0.39 is 0 Å². The fourth-order valence-corrected chi connectivity index (χ4v) is 1.78. The summed E-state index contributed by atoms with van der Waals surface area (Å²) in [4.78, 5) is 13.6. The molecule has 1 aliphatic heterocycles. The standard InChI is InChI=1S/C13H19NO/c1-4-5-6-11(2)9-14-8-7-13(15)12(3)10-14/h4-6,12H,1-2,7-10H2,3H3/b6-5-. The molecule has 82 valence electrons. The Morgan fingerprint density at radius 1 is 1.67 bits per heavy atom. The zero-order valence-electron chi connectivity index (χ0n) is 9.41. The summed E-state index contributed by atoms with van der Waals surface area (Å²) in [6.45, 7) is 12.2. The number of likely N-dealkylation sites (tertiary alicyclic amines) is 1. The molecular weight excluding hydrogens is 186 g/mol. The van der Waals surface area contributed by atoms with E-state index in [0.29, 0.717) is 12.2 Å². The maximum Gasteiger partial charge on any atom is 0.138 e. The van der Waals surface area contributed by atoms with Crippen molar-refractivity contribution in [1.82, 2.24) is 4.90 Å². The monoisotopic (exact) mass is 205 g/mol. The molecule has 0 aromatic rings. The van der Waals surface area contributed by atoms with Crippen LogP contribution in [0.3, 0.4) is 0 Å². The molecule has 0 spiro atoms. The Bertz CT molecular complexity index is 291. The van der Waals surface area contributed by atoms with Crippen LogP contribution in [0.2, 0.25) is 0 Å². The molecule has 0 bridgehead atoms. The SMILES string of the molecule is C=C/C=C\C(=C)CN1CCC(=O)C(C)C1. The van der Waals surface area contributed by atoms with Crippen LogP contribution in [-0.4, -0.2) is 30.3 Å². The van der Waals surface area contributed by atoms with Gasteiger partial charge in [0.25, 0.3) is 0 Å². The first-order valence-electron chi connectivity index (χ1n) is 5.35. The molecule has 1 saturated heterocycles. The van der Waals surface area contributed by atoms with E-state index in [0.717, 1.165) is 25.2 Å². The van der Waals surface area contributed by atoms with Crippen LogP contribution in [0, 0.1) is 5.92 Å². The number of ketones is 1. The first kappa shape index (κ1) is 11.9. The third-order valence-electron chi connectivity index (χ3n) is 2.65. The van der Waals surface area contributed by atoms with Crippen molar-refractivity contribution in [2.75, 3.05) is 19.6 Å². The molecule has 0 saturated carbocycles. The van der Waals surface area contributed by atoms with Crippen LogP contribution < -0.4 is 0 Å². The first-order valence-corrected chi connectivity index (χ1v) is 5.35. The average Bonchev–Trinajstić information content (AvgIpc) is 2.20. The lowest BCUT2D eigenvalue weighted by Crippen LogP contribution is -2.40. The minimum Gasteiger partial charge on any atom is -0.299 e. The molecule has 1 atom stereocenters. The fourth-order valence-electron chi connectivity index (χ4n) is 1.78. The summed E-state index contributed by atoms with van der Waals surface area (Å²) in [5.74, 6) is 0.563. The Morgan fingerprint density at radius 3 is 3.00 bits per heavy atom. The molecule has 1 fully saturated rings. The number of hydrogen-bond donors (Lipinski definition) is 0. The highest BCUT2D eigenvalue weighted by Gasteiger charge is 2.22. The largest absolute Gasteiger partial charge is 0.299 e. The molecule has 15 heavy (non-hydrogen) atoms. The molecule has 1 aliphatic rings. The molecule has 2 nitrogen and oxygen atoms in total. The van der Waals surface area contributed by atoms with E-state index >= 15 is 0 Å². The number of carbonyl (C=O) groups is 1. The Kier molecular flexibility index (Phi) is 4.50. The minimum absolute atomic E-state index is 0.176. The van der Waals surface area contributed by atoms with E-state index in [1.54, 1.807) is 6.08 Å². The van der Waals surface area contributed by atoms with Gasteiger partial charge in [0.1, 0.15) is 5.78 Å². The molecule has 2 heteroatoms. The van der Waals surface area contributed by atoms with Gasteiger partial charge in [0, 0.05) is 32.0 Å². The van der Waals surface area contributed by atoms with Crippen molar-refractivity contribution in [1.29, 1.82) is 0 Å². The van der Waals surface area contributed by atoms with Crippen molar-refractivity contribution in [2.45, 2.75) is 13.3 Å². The lowest BCUT2D eigenvalue weighted by atomic mass is 9.98. The normalized spacial score (nSPS) is 23.3. The van der Waals surface area contributed by atoms with Gasteiger partial charge in [-0.2, -0.15) is 0 Å². The van der Waals surface area contributed by atoms with E-state index in [2.05, 4.69) is 18.1 Å². The number of piperidine rings is 1. The number of nitrogens with zero attached hydrogens (tertiary/aromatic N) is 1. The van der Waals surface area contributed by atoms with Gasteiger partial charge in [-0.05, 0) is 5.57 Å². The van der Waals surface area contributed by atoms with Gasteiger partial charge in [-0.1, -0.05) is 38.3 Å². The van der Waals surface area contributed by atoms with E-state index in [1.807, 2.05) is 19.1 Å². The number of Topliss-reactive ketones (excluding diaryl/α,β-unsaturated/α-hetero) is 1. The Hall–Kier alpha value is -1.15. The second kappa shape index (κ2) is 5.66. The zero-order chi connectivity index (χ0) is 11.3. The van der Waals surface area contributed by atoms with Crippen molar-refractivity contribution >= 4 is 5.78 Å². The number of hydrogen-bond acceptors (Lipinski definition) is 2. The Morgan fingerprint density at radius 2 is 2.40 bits per heavy atom. The van der Waals surface area contributed by atoms with Crippen LogP contribution in [0.5, 0.6) is 0 Å². The van der Waals surface area contributed by atoms with Crippen LogP contribution in [0.25, 0.3) is 0 Å². The fraction of sp³-hybridized carbons (Fsp3) is 0.462. The molecule has 0 N–H and O–H groups in total. The van der Waals surface area contributed by atoms with Gasteiger partial charge >= 0.3 is 0 Å². The van der Waals surface area contributed by atoms with E-state index in [1.165, 1.54) is 0 Å². The van der Waals surface area contributed by atoms with E-state index in [9.17, 15) is 4.79 Å². The Labute approximate surface area is 92.0 Å². The van der Waals surface area contributed by atoms with Gasteiger partial charge in [-0.25, -0.2) is 0 Å². The first-order chi connectivity index (χ1) is 7.13. The van der Waals surface area contributed by atoms with Crippen molar-refractivity contribution in [3.63, 3.8) is 0 Å². The zero-order valence-corrected chi connectivity index (χ0v) is 9.41. The topological polar surface area (TPSA) is 20.3 Å². The quantitative estimate of drug-likeness (QED) is 0.656. The van der Waals surface area contributed by atoms with Gasteiger partial charge in [-0.3, -0.25) is 9.69 Å². The minimum atomic E-state index is 0.176. The molecule has 1 rings (SSSR count). The molecule has 0 amide bonds. The smallest absolute Gasteiger partial charge is 0.138 e. The van der Waals surface area contributed by atoms with Crippen LogP contribution in [-0.2, 0) is 4.79 Å². The predicted octanol–water partition coefficient (Wildman–Crippen LogP) is 2.20. The molecular formula is C13H19NO. The summed E-state index contributed by atoms with van der Waals surface area (Å²) in [7, 11) is 0. The summed E-state index contributed by atoms with van der Waals surface area (Å²) >= 11 is 0. The third-order valence-corrected chi connectivity index (χ3v) is 2.65. The summed E-state index contributed by atoms with van der Waals surface area (Å²) in [6.07, 6.45) is 6.28. The van der Waals surface area contributed by atoms with Gasteiger partial charge in [-0.15, -0.1) is 0 Å². The highest BCUT2D eigenvalue weighted by molar-refractivity contribution is 5.81. The van der Waals surface area contributed by atoms with Gasteiger partial charge in [0.15, 0.2) is 0 Å². The van der Waals surface area contributed by atoms with Crippen molar-refractivity contribution < 1.29 is 4.79 Å². The van der Waals surface area contributed by atoms with Gasteiger partial charge in [0.05, 0.1) is 0 Å². The van der Waals surface area contributed by atoms with Crippen molar-refractivity contribution in [3.8, 4) is 0 Å². The number of carbonyl (C=O) groups excluding carboxylic acids is 1. The van der Waals surface area contributed by atoms with Crippen LogP contribution in [0.1, 0.15) is 13.3 Å². The lowest BCUT2D eigenvalue weighted by Gasteiger charge is -2.29. The molecule has 1 unspecified atom stereocenters. The van der Waals surface area contributed by atoms with Crippen molar-refractivity contribution in [2.24, 2.45) is 5.92 Å². The Balaban J connectivity index is 2.39. The van der Waals surface area contributed by atoms with Gasteiger partial charge in [0.2, 0.25) is 0 Å². The van der Waals surface area contributed by atoms with Crippen LogP contribution >= 0.6 is 0 Å². The second-order valence-corrected chi connectivity index (χ2v) is 4.11. The van der Waals surface area contributed by atoms with Crippen LogP contribution in [0.4, 0.5) is 0 Å². The maximum atomic E-state index is 11.3. The molecule has 0 radical (unpaired) electrons. The second-order valence-electron chi connectivity index (χ2n) is 4.11. The third kappa shape index (κ3) is 3.84. The summed E-state index contributed by atoms with van der Waals surface area (Å²) < 4.78 is 0. The number of allylic oxidation sites excluding steroid dienone is 2. The highest BCUT2D eigenvalue weighted by atomic mass is 16.1. The van der Waals surface area contributed by atoms with E-state index in [4.69, 9.17) is 0 Å². The molecule has 1 heterocycles. The summed E-state index contributed by atoms with van der Waals surface area (Å²) in [5, 5.41) is 0. The molecule has 0 aliphatic carbocycles. The average molecular weight is 205 g/mol.